The first-order chi connectivity index (χ1) is 9.29. The van der Waals surface area contributed by atoms with E-state index in [1.54, 1.807) is 18.5 Å². The minimum absolute atomic E-state index is 0.383. The molecule has 0 aliphatic rings. The molecule has 0 saturated heterocycles. The van der Waals surface area contributed by atoms with Gasteiger partial charge in [0.1, 0.15) is 6.07 Å². The van der Waals surface area contributed by atoms with Crippen molar-refractivity contribution >= 4 is 5.69 Å². The van der Waals surface area contributed by atoms with E-state index in [4.69, 9.17) is 15.7 Å². The molecule has 0 unspecified atom stereocenters. The fraction of sp³-hybridized carbons (Fsp3) is 0.214. The van der Waals surface area contributed by atoms with Crippen molar-refractivity contribution in [2.75, 3.05) is 12.3 Å². The molecule has 2 aromatic heterocycles. The fourth-order valence-corrected chi connectivity index (χ4v) is 1.65. The summed E-state index contributed by atoms with van der Waals surface area (Å²) in [5.74, 6) is 0.383. The lowest BCUT2D eigenvalue weighted by Gasteiger charge is -2.07. The van der Waals surface area contributed by atoms with Gasteiger partial charge >= 0.3 is 0 Å². The summed E-state index contributed by atoms with van der Waals surface area (Å²) in [5, 5.41) is 8.70. The highest BCUT2D eigenvalue weighted by molar-refractivity contribution is 5.51. The van der Waals surface area contributed by atoms with Crippen molar-refractivity contribution < 1.29 is 4.74 Å². The Hall–Kier alpha value is -2.61. The molecule has 0 bridgehead atoms. The van der Waals surface area contributed by atoms with Crippen LogP contribution in [0.4, 0.5) is 5.69 Å². The molecule has 0 atom stereocenters. The molecule has 0 radical (unpaired) electrons. The van der Waals surface area contributed by atoms with E-state index in [-0.39, 0.29) is 0 Å². The third-order valence-corrected chi connectivity index (χ3v) is 2.61. The molecule has 0 aromatic carbocycles. The van der Waals surface area contributed by atoms with Gasteiger partial charge in [-0.2, -0.15) is 5.26 Å². The second kappa shape index (κ2) is 6.36. The summed E-state index contributed by atoms with van der Waals surface area (Å²) in [6, 6.07) is 7.50. The number of hydrogen-bond donors (Lipinski definition) is 1. The number of nitrogen functional groups attached to an aromatic ring is 1. The van der Waals surface area contributed by atoms with Gasteiger partial charge in [-0.05, 0) is 36.6 Å². The largest absolute Gasteiger partial charge is 0.476 e. The maximum absolute atomic E-state index is 8.70. The summed E-state index contributed by atoms with van der Waals surface area (Å²) in [6.07, 6.45) is 6.78. The smallest absolute Gasteiger partial charge is 0.237 e. The van der Waals surface area contributed by atoms with Gasteiger partial charge in [0.2, 0.25) is 5.88 Å². The minimum Gasteiger partial charge on any atom is -0.476 e. The Morgan fingerprint density at radius 2 is 2.11 bits per heavy atom. The molecule has 96 valence electrons. The third kappa shape index (κ3) is 3.68. The quantitative estimate of drug-likeness (QED) is 0.824. The molecule has 2 aromatic rings. The predicted octanol–water partition coefficient (Wildman–Crippen LogP) is 1.94. The van der Waals surface area contributed by atoms with Crippen molar-refractivity contribution in [3.63, 3.8) is 0 Å². The van der Waals surface area contributed by atoms with Gasteiger partial charge in [-0.15, -0.1) is 0 Å². The summed E-state index contributed by atoms with van der Waals surface area (Å²) in [6.45, 7) is 0.533. The van der Waals surface area contributed by atoms with Crippen molar-refractivity contribution in [3.05, 3.63) is 47.9 Å². The van der Waals surface area contributed by atoms with Crippen LogP contribution in [0.25, 0.3) is 0 Å². The van der Waals surface area contributed by atoms with Gasteiger partial charge < -0.3 is 10.5 Å². The summed E-state index contributed by atoms with van der Waals surface area (Å²) in [7, 11) is 0. The average molecular weight is 254 g/mol. The Kier molecular flexibility index (Phi) is 4.29. The summed E-state index contributed by atoms with van der Waals surface area (Å²) >= 11 is 0. The zero-order valence-electron chi connectivity index (χ0n) is 10.4. The van der Waals surface area contributed by atoms with E-state index in [2.05, 4.69) is 9.97 Å². The number of nitriles is 1. The van der Waals surface area contributed by atoms with E-state index in [0.717, 1.165) is 12.8 Å². The minimum atomic E-state index is 0.383. The number of hydrogen-bond acceptors (Lipinski definition) is 5. The normalized spacial score (nSPS) is 9.84. The SMILES string of the molecule is N#Cc1cnc(OCCCc2ccncc2)c(N)c1. The number of anilines is 1. The van der Waals surface area contributed by atoms with Crippen LogP contribution >= 0.6 is 0 Å². The number of pyridine rings is 2. The van der Waals surface area contributed by atoms with Crippen LogP contribution in [0.3, 0.4) is 0 Å². The van der Waals surface area contributed by atoms with Gasteiger partial charge in [-0.1, -0.05) is 0 Å². The van der Waals surface area contributed by atoms with Crippen LogP contribution in [-0.2, 0) is 6.42 Å². The van der Waals surface area contributed by atoms with Crippen molar-refractivity contribution in [2.24, 2.45) is 0 Å². The Morgan fingerprint density at radius 3 is 2.79 bits per heavy atom. The Balaban J connectivity index is 1.82. The Labute approximate surface area is 111 Å². The first-order valence-electron chi connectivity index (χ1n) is 5.97. The van der Waals surface area contributed by atoms with Crippen LogP contribution in [-0.4, -0.2) is 16.6 Å². The highest BCUT2D eigenvalue weighted by Gasteiger charge is 2.03. The van der Waals surface area contributed by atoms with E-state index in [1.807, 2.05) is 18.2 Å². The Morgan fingerprint density at radius 1 is 1.32 bits per heavy atom. The molecule has 2 N–H and O–H groups in total. The van der Waals surface area contributed by atoms with Gasteiger partial charge in [0.05, 0.1) is 17.9 Å². The summed E-state index contributed by atoms with van der Waals surface area (Å²) < 4.78 is 5.50. The van der Waals surface area contributed by atoms with Crippen molar-refractivity contribution in [1.82, 2.24) is 9.97 Å². The molecule has 2 heterocycles. The molecule has 0 saturated carbocycles. The number of aryl methyl sites for hydroxylation is 1. The van der Waals surface area contributed by atoms with Gasteiger partial charge in [-0.3, -0.25) is 4.98 Å². The molecule has 2 rings (SSSR count). The lowest BCUT2D eigenvalue weighted by Crippen LogP contribution is -2.04. The molecular formula is C14H14N4O. The molecule has 0 aliphatic carbocycles. The number of ether oxygens (including phenoxy) is 1. The zero-order chi connectivity index (χ0) is 13.5. The zero-order valence-corrected chi connectivity index (χ0v) is 10.4. The standard InChI is InChI=1S/C14H14N4O/c15-9-12-8-13(16)14(18-10-12)19-7-1-2-11-3-5-17-6-4-11/h3-6,8,10H,1-2,7,16H2. The van der Waals surface area contributed by atoms with Gasteiger partial charge in [-0.25, -0.2) is 4.98 Å². The maximum atomic E-state index is 8.70. The van der Waals surface area contributed by atoms with E-state index in [1.165, 1.54) is 11.8 Å². The highest BCUT2D eigenvalue weighted by atomic mass is 16.5. The van der Waals surface area contributed by atoms with E-state index < -0.39 is 0 Å². The van der Waals surface area contributed by atoms with Crippen LogP contribution in [0.5, 0.6) is 5.88 Å². The lowest BCUT2D eigenvalue weighted by atomic mass is 10.1. The topological polar surface area (TPSA) is 84.8 Å². The van der Waals surface area contributed by atoms with Gasteiger partial charge in [0, 0.05) is 18.6 Å². The number of nitrogens with two attached hydrogens (primary N) is 1. The van der Waals surface area contributed by atoms with Gasteiger partial charge in [0.25, 0.3) is 0 Å². The molecular weight excluding hydrogens is 240 g/mol. The lowest BCUT2D eigenvalue weighted by molar-refractivity contribution is 0.301. The second-order valence-corrected chi connectivity index (χ2v) is 4.04. The van der Waals surface area contributed by atoms with Gasteiger partial charge in [0.15, 0.2) is 0 Å². The van der Waals surface area contributed by atoms with Crippen LogP contribution < -0.4 is 10.5 Å². The number of rotatable bonds is 5. The third-order valence-electron chi connectivity index (χ3n) is 2.61. The highest BCUT2D eigenvalue weighted by Crippen LogP contribution is 2.18. The molecule has 0 spiro atoms. The Bertz CT molecular complexity index is 578. The molecule has 5 nitrogen and oxygen atoms in total. The second-order valence-electron chi connectivity index (χ2n) is 4.04. The first kappa shape index (κ1) is 12.8. The fourth-order valence-electron chi connectivity index (χ4n) is 1.65. The summed E-state index contributed by atoms with van der Waals surface area (Å²) in [4.78, 5) is 7.98. The average Bonchev–Trinajstić information content (AvgIpc) is 2.46. The molecule has 0 fully saturated rings. The predicted molar refractivity (Wildman–Crippen MR) is 71.4 cm³/mol. The van der Waals surface area contributed by atoms with Crippen LogP contribution in [0.1, 0.15) is 17.5 Å². The van der Waals surface area contributed by atoms with E-state index in [0.29, 0.717) is 23.7 Å². The van der Waals surface area contributed by atoms with E-state index in [9.17, 15) is 0 Å². The first-order valence-corrected chi connectivity index (χ1v) is 5.97. The molecule has 5 heteroatoms. The molecule has 0 aliphatic heterocycles. The molecule has 0 amide bonds. The van der Waals surface area contributed by atoms with Crippen molar-refractivity contribution in [1.29, 1.82) is 5.26 Å². The summed E-state index contributed by atoms with van der Waals surface area (Å²) in [5.41, 5.74) is 7.79. The van der Waals surface area contributed by atoms with Crippen molar-refractivity contribution in [3.8, 4) is 11.9 Å². The molecule has 19 heavy (non-hydrogen) atoms. The maximum Gasteiger partial charge on any atom is 0.237 e. The van der Waals surface area contributed by atoms with Crippen LogP contribution in [0.2, 0.25) is 0 Å². The number of aromatic nitrogens is 2. The monoisotopic (exact) mass is 254 g/mol. The number of nitrogens with zero attached hydrogens (tertiary/aromatic N) is 3. The van der Waals surface area contributed by atoms with Crippen molar-refractivity contribution in [2.45, 2.75) is 12.8 Å². The van der Waals surface area contributed by atoms with Crippen LogP contribution in [0.15, 0.2) is 36.8 Å². The van der Waals surface area contributed by atoms with E-state index >= 15 is 0 Å². The van der Waals surface area contributed by atoms with Crippen LogP contribution in [0, 0.1) is 11.3 Å².